The Labute approximate surface area is 132 Å². The summed E-state index contributed by atoms with van der Waals surface area (Å²) in [5.41, 5.74) is 1.98. The Balaban J connectivity index is 1.58. The van der Waals surface area contributed by atoms with Gasteiger partial charge >= 0.3 is 0 Å². The highest BCUT2D eigenvalue weighted by Gasteiger charge is 2.11. The lowest BCUT2D eigenvalue weighted by molar-refractivity contribution is -0.116. The molecule has 0 radical (unpaired) electrons. The van der Waals surface area contributed by atoms with E-state index in [2.05, 4.69) is 20.7 Å². The minimum Gasteiger partial charge on any atom is -0.421 e. The Morgan fingerprint density at radius 2 is 2.09 bits per heavy atom. The number of hydrogen-bond acceptors (Lipinski definition) is 6. The lowest BCUT2D eigenvalue weighted by atomic mass is 10.1. The van der Waals surface area contributed by atoms with Crippen molar-refractivity contribution in [3.05, 3.63) is 47.5 Å². The third-order valence-corrected chi connectivity index (χ3v) is 3.19. The van der Waals surface area contributed by atoms with Gasteiger partial charge in [-0.25, -0.2) is 0 Å². The van der Waals surface area contributed by atoms with Crippen molar-refractivity contribution < 1.29 is 13.7 Å². The Bertz CT molecular complexity index is 822. The molecule has 0 atom stereocenters. The molecule has 0 aliphatic heterocycles. The summed E-state index contributed by atoms with van der Waals surface area (Å²) in [4.78, 5) is 11.8. The van der Waals surface area contributed by atoms with E-state index in [9.17, 15) is 4.79 Å². The molecule has 0 saturated heterocycles. The zero-order valence-electron chi connectivity index (χ0n) is 12.9. The van der Waals surface area contributed by atoms with Crippen molar-refractivity contribution in [3.8, 4) is 11.5 Å². The fraction of sp³-hybridized carbons (Fsp3) is 0.250. The van der Waals surface area contributed by atoms with Gasteiger partial charge in [0, 0.05) is 24.5 Å². The number of carbonyl (C=O) groups is 1. The van der Waals surface area contributed by atoms with Crippen LogP contribution in [0.1, 0.15) is 23.6 Å². The summed E-state index contributed by atoms with van der Waals surface area (Å²) < 4.78 is 10.5. The predicted octanol–water partition coefficient (Wildman–Crippen LogP) is 2.91. The molecule has 0 bridgehead atoms. The molecule has 0 fully saturated rings. The quantitative estimate of drug-likeness (QED) is 0.778. The molecule has 3 aromatic rings. The molecule has 23 heavy (non-hydrogen) atoms. The second-order valence-corrected chi connectivity index (χ2v) is 5.24. The van der Waals surface area contributed by atoms with Crippen LogP contribution in [0.25, 0.3) is 11.5 Å². The smallest absolute Gasteiger partial charge is 0.247 e. The molecule has 0 unspecified atom stereocenters. The molecule has 7 heteroatoms. The first-order valence-electron chi connectivity index (χ1n) is 7.23. The molecule has 2 aromatic heterocycles. The molecule has 3 rings (SSSR count). The molecule has 1 aromatic carbocycles. The number of aryl methyl sites for hydroxylation is 3. The third kappa shape index (κ3) is 3.82. The first kappa shape index (κ1) is 15.0. The van der Waals surface area contributed by atoms with Gasteiger partial charge in [-0.1, -0.05) is 22.9 Å². The zero-order valence-corrected chi connectivity index (χ0v) is 12.9. The van der Waals surface area contributed by atoms with E-state index in [4.69, 9.17) is 8.94 Å². The van der Waals surface area contributed by atoms with Gasteiger partial charge in [0.15, 0.2) is 5.82 Å². The van der Waals surface area contributed by atoms with E-state index in [0.29, 0.717) is 29.8 Å². The number of hydrogen-bond donors (Lipinski definition) is 1. The summed E-state index contributed by atoms with van der Waals surface area (Å²) in [6.07, 6.45) is 0.586. The fourth-order valence-electron chi connectivity index (χ4n) is 2.10. The van der Waals surface area contributed by atoms with E-state index < -0.39 is 0 Å². The molecule has 118 valence electrons. The highest BCUT2D eigenvalue weighted by molar-refractivity contribution is 5.89. The highest BCUT2D eigenvalue weighted by Crippen LogP contribution is 2.19. The Kier molecular flexibility index (Phi) is 4.18. The van der Waals surface area contributed by atoms with E-state index >= 15 is 0 Å². The SMILES string of the molecule is Cc1cccc(-c2nnc(CCC(=O)Nc3cc(C)on3)o2)c1. The van der Waals surface area contributed by atoms with Crippen LogP contribution in [0, 0.1) is 13.8 Å². The van der Waals surface area contributed by atoms with Gasteiger partial charge in [-0.15, -0.1) is 10.2 Å². The van der Waals surface area contributed by atoms with Crippen LogP contribution in [0.4, 0.5) is 5.82 Å². The average molecular weight is 312 g/mol. The van der Waals surface area contributed by atoms with Crippen LogP contribution in [-0.4, -0.2) is 21.3 Å². The highest BCUT2D eigenvalue weighted by atomic mass is 16.5. The van der Waals surface area contributed by atoms with E-state index in [0.717, 1.165) is 11.1 Å². The predicted molar refractivity (Wildman–Crippen MR) is 82.7 cm³/mol. The number of benzene rings is 1. The van der Waals surface area contributed by atoms with Gasteiger partial charge in [0.05, 0.1) is 0 Å². The average Bonchev–Trinajstić information content (AvgIpc) is 3.14. The van der Waals surface area contributed by atoms with Crippen LogP contribution >= 0.6 is 0 Å². The summed E-state index contributed by atoms with van der Waals surface area (Å²) in [5.74, 6) is 1.73. The summed E-state index contributed by atoms with van der Waals surface area (Å²) >= 11 is 0. The topological polar surface area (TPSA) is 94.1 Å². The number of anilines is 1. The van der Waals surface area contributed by atoms with Gasteiger partial charge in [0.25, 0.3) is 0 Å². The summed E-state index contributed by atoms with van der Waals surface area (Å²) in [6, 6.07) is 9.46. The van der Waals surface area contributed by atoms with Crippen LogP contribution in [-0.2, 0) is 11.2 Å². The normalized spacial score (nSPS) is 10.7. The monoisotopic (exact) mass is 312 g/mol. The van der Waals surface area contributed by atoms with Crippen molar-refractivity contribution in [1.29, 1.82) is 0 Å². The Hall–Kier alpha value is -2.96. The van der Waals surface area contributed by atoms with Crippen molar-refractivity contribution >= 4 is 11.7 Å². The number of nitrogens with zero attached hydrogens (tertiary/aromatic N) is 3. The maximum Gasteiger partial charge on any atom is 0.247 e. The number of rotatable bonds is 5. The van der Waals surface area contributed by atoms with Crippen molar-refractivity contribution in [3.63, 3.8) is 0 Å². The second-order valence-electron chi connectivity index (χ2n) is 5.24. The molecule has 1 N–H and O–H groups in total. The number of carbonyl (C=O) groups excluding carboxylic acids is 1. The maximum absolute atomic E-state index is 11.8. The van der Waals surface area contributed by atoms with E-state index in [-0.39, 0.29) is 12.3 Å². The number of aromatic nitrogens is 3. The molecular weight excluding hydrogens is 296 g/mol. The minimum absolute atomic E-state index is 0.186. The third-order valence-electron chi connectivity index (χ3n) is 3.19. The van der Waals surface area contributed by atoms with Gasteiger partial charge < -0.3 is 14.3 Å². The summed E-state index contributed by atoms with van der Waals surface area (Å²) in [6.45, 7) is 3.75. The van der Waals surface area contributed by atoms with Crippen LogP contribution in [0.2, 0.25) is 0 Å². The van der Waals surface area contributed by atoms with Crippen LogP contribution < -0.4 is 5.32 Å². The molecule has 0 spiro atoms. The molecule has 1 amide bonds. The number of amides is 1. The van der Waals surface area contributed by atoms with Crippen LogP contribution in [0.3, 0.4) is 0 Å². The van der Waals surface area contributed by atoms with Gasteiger partial charge in [-0.2, -0.15) is 0 Å². The maximum atomic E-state index is 11.8. The molecule has 0 aliphatic carbocycles. The lowest BCUT2D eigenvalue weighted by Gasteiger charge is -1.98. The zero-order chi connectivity index (χ0) is 16.2. The van der Waals surface area contributed by atoms with Crippen LogP contribution in [0.5, 0.6) is 0 Å². The van der Waals surface area contributed by atoms with Crippen molar-refractivity contribution in [2.24, 2.45) is 0 Å². The molecule has 2 heterocycles. The van der Waals surface area contributed by atoms with Gasteiger partial charge in [0.1, 0.15) is 5.76 Å². The van der Waals surface area contributed by atoms with Gasteiger partial charge in [-0.05, 0) is 26.0 Å². The van der Waals surface area contributed by atoms with Crippen molar-refractivity contribution in [2.75, 3.05) is 5.32 Å². The van der Waals surface area contributed by atoms with Gasteiger partial charge in [0.2, 0.25) is 17.7 Å². The van der Waals surface area contributed by atoms with E-state index in [1.807, 2.05) is 31.2 Å². The standard InChI is InChI=1S/C16H16N4O3/c1-10-4-3-5-12(8-10)16-19-18-15(22-16)7-6-14(21)17-13-9-11(2)23-20-13/h3-5,8-9H,6-7H2,1-2H3,(H,17,20,21). The van der Waals surface area contributed by atoms with Crippen molar-refractivity contribution in [1.82, 2.24) is 15.4 Å². The molecule has 7 nitrogen and oxygen atoms in total. The lowest BCUT2D eigenvalue weighted by Crippen LogP contribution is -2.12. The van der Waals surface area contributed by atoms with Crippen molar-refractivity contribution in [2.45, 2.75) is 26.7 Å². The molecular formula is C16H16N4O3. The summed E-state index contributed by atoms with van der Waals surface area (Å²) in [5, 5.41) is 14.3. The molecule has 0 aliphatic rings. The van der Waals surface area contributed by atoms with E-state index in [1.165, 1.54) is 0 Å². The summed E-state index contributed by atoms with van der Waals surface area (Å²) in [7, 11) is 0. The Morgan fingerprint density at radius 3 is 2.83 bits per heavy atom. The largest absolute Gasteiger partial charge is 0.421 e. The minimum atomic E-state index is -0.186. The van der Waals surface area contributed by atoms with Gasteiger partial charge in [-0.3, -0.25) is 4.79 Å². The Morgan fingerprint density at radius 1 is 1.22 bits per heavy atom. The number of nitrogens with one attached hydrogen (secondary N) is 1. The fourth-order valence-corrected chi connectivity index (χ4v) is 2.10. The van der Waals surface area contributed by atoms with Crippen LogP contribution in [0.15, 0.2) is 39.3 Å². The molecule has 0 saturated carbocycles. The van der Waals surface area contributed by atoms with E-state index in [1.54, 1.807) is 13.0 Å². The first-order valence-corrected chi connectivity index (χ1v) is 7.23. The first-order chi connectivity index (χ1) is 11.1. The second kappa shape index (κ2) is 6.43.